The second kappa shape index (κ2) is 8.82. The SMILES string of the molecule is COc1cccc(CCNC(=O)Cc2ccc(OC)c(OC)c2)c1. The molecule has 5 heteroatoms. The summed E-state index contributed by atoms with van der Waals surface area (Å²) >= 11 is 0. The maximum Gasteiger partial charge on any atom is 0.224 e. The summed E-state index contributed by atoms with van der Waals surface area (Å²) in [4.78, 5) is 12.1. The molecule has 1 amide bonds. The second-order valence-electron chi connectivity index (χ2n) is 5.32. The van der Waals surface area contributed by atoms with Crippen LogP contribution < -0.4 is 19.5 Å². The van der Waals surface area contributed by atoms with Crippen LogP contribution in [0.15, 0.2) is 42.5 Å². The molecule has 0 bridgehead atoms. The van der Waals surface area contributed by atoms with E-state index < -0.39 is 0 Å². The molecule has 0 heterocycles. The van der Waals surface area contributed by atoms with Gasteiger partial charge in [-0.15, -0.1) is 0 Å². The highest BCUT2D eigenvalue weighted by molar-refractivity contribution is 5.78. The zero-order valence-corrected chi connectivity index (χ0v) is 14.3. The fourth-order valence-electron chi connectivity index (χ4n) is 2.41. The molecule has 24 heavy (non-hydrogen) atoms. The molecule has 0 fully saturated rings. The zero-order valence-electron chi connectivity index (χ0n) is 14.3. The summed E-state index contributed by atoms with van der Waals surface area (Å²) < 4.78 is 15.6. The minimum Gasteiger partial charge on any atom is -0.497 e. The number of benzene rings is 2. The standard InChI is InChI=1S/C19H23NO4/c1-22-16-6-4-5-14(11-16)9-10-20-19(21)13-15-7-8-17(23-2)18(12-15)24-3/h4-8,11-12H,9-10,13H2,1-3H3,(H,20,21). The molecule has 0 spiro atoms. The Morgan fingerprint density at radius 1 is 0.917 bits per heavy atom. The third-order valence-electron chi connectivity index (χ3n) is 3.68. The Balaban J connectivity index is 1.85. The van der Waals surface area contributed by atoms with Gasteiger partial charge in [0.25, 0.3) is 0 Å². The largest absolute Gasteiger partial charge is 0.497 e. The van der Waals surface area contributed by atoms with Crippen LogP contribution in [0.25, 0.3) is 0 Å². The molecule has 0 unspecified atom stereocenters. The Morgan fingerprint density at radius 3 is 2.42 bits per heavy atom. The second-order valence-corrected chi connectivity index (χ2v) is 5.32. The van der Waals surface area contributed by atoms with E-state index in [0.717, 1.165) is 23.3 Å². The number of nitrogens with one attached hydrogen (secondary N) is 1. The van der Waals surface area contributed by atoms with E-state index in [4.69, 9.17) is 14.2 Å². The molecule has 0 aromatic heterocycles. The van der Waals surface area contributed by atoms with Crippen LogP contribution in [0.3, 0.4) is 0 Å². The van der Waals surface area contributed by atoms with E-state index in [-0.39, 0.29) is 5.91 Å². The fourth-order valence-corrected chi connectivity index (χ4v) is 2.41. The molecule has 128 valence electrons. The number of amides is 1. The van der Waals surface area contributed by atoms with E-state index in [2.05, 4.69) is 5.32 Å². The molecule has 5 nitrogen and oxygen atoms in total. The number of rotatable bonds is 8. The number of hydrogen-bond donors (Lipinski definition) is 1. The van der Waals surface area contributed by atoms with Crippen LogP contribution in [0.4, 0.5) is 0 Å². The fraction of sp³-hybridized carbons (Fsp3) is 0.316. The van der Waals surface area contributed by atoms with Crippen molar-refractivity contribution < 1.29 is 19.0 Å². The van der Waals surface area contributed by atoms with Crippen LogP contribution in [0.1, 0.15) is 11.1 Å². The number of carbonyl (C=O) groups is 1. The smallest absolute Gasteiger partial charge is 0.224 e. The van der Waals surface area contributed by atoms with Gasteiger partial charge in [-0.2, -0.15) is 0 Å². The summed E-state index contributed by atoms with van der Waals surface area (Å²) in [6, 6.07) is 13.3. The van der Waals surface area contributed by atoms with Crippen molar-refractivity contribution in [3.63, 3.8) is 0 Å². The highest BCUT2D eigenvalue weighted by atomic mass is 16.5. The van der Waals surface area contributed by atoms with Crippen LogP contribution in [-0.4, -0.2) is 33.8 Å². The normalized spacial score (nSPS) is 10.1. The van der Waals surface area contributed by atoms with Gasteiger partial charge in [0.2, 0.25) is 5.91 Å². The minimum atomic E-state index is -0.0230. The summed E-state index contributed by atoms with van der Waals surface area (Å²) in [5.41, 5.74) is 2.01. The van der Waals surface area contributed by atoms with E-state index in [1.807, 2.05) is 36.4 Å². The lowest BCUT2D eigenvalue weighted by atomic mass is 10.1. The number of carbonyl (C=O) groups excluding carboxylic acids is 1. The molecule has 1 N–H and O–H groups in total. The third kappa shape index (κ3) is 4.91. The van der Waals surface area contributed by atoms with Gasteiger partial charge in [-0.3, -0.25) is 4.79 Å². The topological polar surface area (TPSA) is 56.8 Å². The summed E-state index contributed by atoms with van der Waals surface area (Å²) in [5.74, 6) is 2.08. The molecule has 2 aromatic rings. The van der Waals surface area contributed by atoms with Gasteiger partial charge >= 0.3 is 0 Å². The van der Waals surface area contributed by atoms with Crippen LogP contribution in [0.2, 0.25) is 0 Å². The van der Waals surface area contributed by atoms with Crippen molar-refractivity contribution in [3.8, 4) is 17.2 Å². The first-order valence-corrected chi connectivity index (χ1v) is 7.76. The van der Waals surface area contributed by atoms with Crippen molar-refractivity contribution in [2.45, 2.75) is 12.8 Å². The maximum atomic E-state index is 12.1. The quantitative estimate of drug-likeness (QED) is 0.809. The van der Waals surface area contributed by atoms with Crippen molar-refractivity contribution in [3.05, 3.63) is 53.6 Å². The van der Waals surface area contributed by atoms with Gasteiger partial charge in [0, 0.05) is 6.54 Å². The van der Waals surface area contributed by atoms with Crippen molar-refractivity contribution >= 4 is 5.91 Å². The van der Waals surface area contributed by atoms with Gasteiger partial charge in [-0.25, -0.2) is 0 Å². The molecule has 0 aliphatic rings. The van der Waals surface area contributed by atoms with Crippen molar-refractivity contribution in [1.29, 1.82) is 0 Å². The lowest BCUT2D eigenvalue weighted by Crippen LogP contribution is -2.27. The van der Waals surface area contributed by atoms with Crippen molar-refractivity contribution in [1.82, 2.24) is 5.32 Å². The summed E-state index contributed by atoms with van der Waals surface area (Å²) in [5, 5.41) is 2.93. The monoisotopic (exact) mass is 329 g/mol. The van der Waals surface area contributed by atoms with Crippen LogP contribution in [-0.2, 0) is 17.6 Å². The summed E-state index contributed by atoms with van der Waals surface area (Å²) in [7, 11) is 4.81. The highest BCUT2D eigenvalue weighted by Gasteiger charge is 2.08. The molecular weight excluding hydrogens is 306 g/mol. The van der Waals surface area contributed by atoms with E-state index in [1.165, 1.54) is 0 Å². The lowest BCUT2D eigenvalue weighted by Gasteiger charge is -2.10. The number of ether oxygens (including phenoxy) is 3. The van der Waals surface area contributed by atoms with Crippen LogP contribution in [0, 0.1) is 0 Å². The predicted octanol–water partition coefficient (Wildman–Crippen LogP) is 2.61. The van der Waals surface area contributed by atoms with Crippen molar-refractivity contribution in [2.24, 2.45) is 0 Å². The summed E-state index contributed by atoms with van der Waals surface area (Å²) in [6.45, 7) is 0.583. The van der Waals surface area contributed by atoms with Crippen molar-refractivity contribution in [2.75, 3.05) is 27.9 Å². The Bertz CT molecular complexity index is 685. The molecule has 0 saturated carbocycles. The van der Waals surface area contributed by atoms with Gasteiger partial charge in [-0.1, -0.05) is 18.2 Å². The Hall–Kier alpha value is -2.69. The zero-order chi connectivity index (χ0) is 17.4. The lowest BCUT2D eigenvalue weighted by molar-refractivity contribution is -0.120. The molecule has 0 saturated heterocycles. The van der Waals surface area contributed by atoms with Gasteiger partial charge in [-0.05, 0) is 41.8 Å². The van der Waals surface area contributed by atoms with Gasteiger partial charge in [0.15, 0.2) is 11.5 Å². The molecule has 2 aromatic carbocycles. The molecule has 0 atom stereocenters. The number of methoxy groups -OCH3 is 3. The van der Waals surface area contributed by atoms with E-state index >= 15 is 0 Å². The number of hydrogen-bond acceptors (Lipinski definition) is 4. The van der Waals surface area contributed by atoms with Gasteiger partial charge < -0.3 is 19.5 Å². The Labute approximate surface area is 142 Å². The minimum absolute atomic E-state index is 0.0230. The first-order valence-electron chi connectivity index (χ1n) is 7.76. The molecule has 0 radical (unpaired) electrons. The van der Waals surface area contributed by atoms with E-state index in [1.54, 1.807) is 27.4 Å². The first kappa shape index (κ1) is 17.7. The van der Waals surface area contributed by atoms with Gasteiger partial charge in [0.05, 0.1) is 27.8 Å². The molecule has 0 aliphatic carbocycles. The average molecular weight is 329 g/mol. The molecule has 2 rings (SSSR count). The Kier molecular flexibility index (Phi) is 6.49. The predicted molar refractivity (Wildman–Crippen MR) is 93.0 cm³/mol. The first-order chi connectivity index (χ1) is 11.7. The third-order valence-corrected chi connectivity index (χ3v) is 3.68. The average Bonchev–Trinajstić information content (AvgIpc) is 2.61. The highest BCUT2D eigenvalue weighted by Crippen LogP contribution is 2.27. The Morgan fingerprint density at radius 2 is 1.71 bits per heavy atom. The summed E-state index contributed by atoms with van der Waals surface area (Å²) in [6.07, 6.45) is 1.06. The van der Waals surface area contributed by atoms with Crippen LogP contribution in [0.5, 0.6) is 17.2 Å². The van der Waals surface area contributed by atoms with Gasteiger partial charge in [0.1, 0.15) is 5.75 Å². The van der Waals surface area contributed by atoms with E-state index in [0.29, 0.717) is 24.5 Å². The maximum absolute atomic E-state index is 12.1. The molecule has 0 aliphatic heterocycles. The van der Waals surface area contributed by atoms with E-state index in [9.17, 15) is 4.79 Å². The molecular formula is C19H23NO4. The van der Waals surface area contributed by atoms with Crippen LogP contribution >= 0.6 is 0 Å².